The first-order chi connectivity index (χ1) is 9.48. The van der Waals surface area contributed by atoms with Gasteiger partial charge in [-0.25, -0.2) is 9.69 Å². The van der Waals surface area contributed by atoms with Gasteiger partial charge in [0, 0.05) is 6.07 Å². The Morgan fingerprint density at radius 3 is 2.25 bits per heavy atom. The maximum absolute atomic E-state index is 13.0. The Labute approximate surface area is 113 Å². The van der Waals surface area contributed by atoms with Gasteiger partial charge in [-0.05, 0) is 18.2 Å². The molecule has 0 atom stereocenters. The number of para-hydroxylation sites is 2. The van der Waals surface area contributed by atoms with Gasteiger partial charge in [0.05, 0.1) is 11.4 Å². The summed E-state index contributed by atoms with van der Waals surface area (Å²) in [6, 6.07) is 14.4. The molecular weight excluding hydrogens is 269 g/mol. The summed E-state index contributed by atoms with van der Waals surface area (Å²) in [5.74, 6) is 0. The minimum Gasteiger partial charge on any atom is -0.307 e. The van der Waals surface area contributed by atoms with E-state index in [0.29, 0.717) is 0 Å². The molecule has 0 spiro atoms. The summed E-state index contributed by atoms with van der Waals surface area (Å²) in [5.41, 5.74) is -0.0869. The minimum atomic E-state index is -4.82. The van der Waals surface area contributed by atoms with E-state index in [1.54, 1.807) is 18.2 Å². The molecule has 0 aliphatic rings. The van der Waals surface area contributed by atoms with Crippen LogP contribution in [0.5, 0.6) is 0 Å². The zero-order chi connectivity index (χ0) is 14.6. The number of hydrogen-bond donors (Lipinski definition) is 1. The number of benzene rings is 2. The molecule has 0 fully saturated rings. The van der Waals surface area contributed by atoms with Crippen molar-refractivity contribution in [1.82, 2.24) is 0 Å². The monoisotopic (exact) mass is 279 g/mol. The summed E-state index contributed by atoms with van der Waals surface area (Å²) in [5, 5.41) is 2.16. The highest BCUT2D eigenvalue weighted by Gasteiger charge is 2.42. The molecular formula is C14H10F3N2O. The van der Waals surface area contributed by atoms with Crippen molar-refractivity contribution in [3.63, 3.8) is 0 Å². The number of urea groups is 1. The second kappa shape index (κ2) is 5.64. The average molecular weight is 279 g/mol. The molecule has 0 saturated heterocycles. The Morgan fingerprint density at radius 1 is 1.05 bits per heavy atom. The molecule has 0 aliphatic carbocycles. The lowest BCUT2D eigenvalue weighted by atomic mass is 10.3. The fourth-order valence-corrected chi connectivity index (χ4v) is 1.60. The van der Waals surface area contributed by atoms with E-state index in [9.17, 15) is 18.0 Å². The van der Waals surface area contributed by atoms with Crippen LogP contribution in [0, 0.1) is 6.07 Å². The van der Waals surface area contributed by atoms with Gasteiger partial charge < -0.3 is 5.32 Å². The maximum atomic E-state index is 13.0. The second-order valence-electron chi connectivity index (χ2n) is 3.85. The van der Waals surface area contributed by atoms with Crippen LogP contribution >= 0.6 is 0 Å². The van der Waals surface area contributed by atoms with Gasteiger partial charge >= 0.3 is 12.3 Å². The molecule has 0 heterocycles. The normalized spacial score (nSPS) is 10.9. The van der Waals surface area contributed by atoms with Crippen molar-refractivity contribution in [3.8, 4) is 0 Å². The molecule has 2 amide bonds. The standard InChI is InChI=1S/C14H10F3N2O/c15-14(16,17)19(12-9-5-2-6-10-12)13(20)18-11-7-3-1-4-8-11/h1-7,9-10H,(H,18,20). The van der Waals surface area contributed by atoms with Crippen molar-refractivity contribution in [1.29, 1.82) is 0 Å². The topological polar surface area (TPSA) is 32.3 Å². The van der Waals surface area contributed by atoms with Gasteiger partial charge in [-0.1, -0.05) is 36.4 Å². The lowest BCUT2D eigenvalue weighted by Gasteiger charge is -2.25. The number of nitrogens with zero attached hydrogens (tertiary/aromatic N) is 1. The van der Waals surface area contributed by atoms with Gasteiger partial charge in [-0.2, -0.15) is 0 Å². The summed E-state index contributed by atoms with van der Waals surface area (Å²) in [6.45, 7) is 0. The summed E-state index contributed by atoms with van der Waals surface area (Å²) < 4.78 is 39.0. The third kappa shape index (κ3) is 3.28. The van der Waals surface area contributed by atoms with Crippen molar-refractivity contribution in [3.05, 3.63) is 60.7 Å². The van der Waals surface area contributed by atoms with Crippen molar-refractivity contribution in [2.45, 2.75) is 6.30 Å². The van der Waals surface area contributed by atoms with Crippen molar-refractivity contribution in [2.75, 3.05) is 10.2 Å². The molecule has 0 saturated carbocycles. The lowest BCUT2D eigenvalue weighted by Crippen LogP contribution is -2.45. The van der Waals surface area contributed by atoms with E-state index in [0.717, 1.165) is 0 Å². The first-order valence-corrected chi connectivity index (χ1v) is 5.68. The molecule has 1 radical (unpaired) electrons. The summed E-state index contributed by atoms with van der Waals surface area (Å²) in [7, 11) is 0. The van der Waals surface area contributed by atoms with Crippen LogP contribution in [-0.2, 0) is 0 Å². The summed E-state index contributed by atoms with van der Waals surface area (Å²) >= 11 is 0. The van der Waals surface area contributed by atoms with Gasteiger partial charge in [0.1, 0.15) is 0 Å². The molecule has 0 aromatic heterocycles. The molecule has 0 bridgehead atoms. The first kappa shape index (κ1) is 13.9. The molecule has 0 aliphatic heterocycles. The van der Waals surface area contributed by atoms with E-state index in [1.807, 2.05) is 0 Å². The number of nitrogens with one attached hydrogen (secondary N) is 1. The molecule has 1 N–H and O–H groups in total. The van der Waals surface area contributed by atoms with Gasteiger partial charge in [0.15, 0.2) is 0 Å². The Hall–Kier alpha value is -2.50. The number of alkyl halides is 3. The van der Waals surface area contributed by atoms with Crippen LogP contribution in [0.2, 0.25) is 0 Å². The van der Waals surface area contributed by atoms with Crippen LogP contribution in [-0.4, -0.2) is 12.3 Å². The Bertz CT molecular complexity index is 570. The van der Waals surface area contributed by atoms with E-state index >= 15 is 0 Å². The van der Waals surface area contributed by atoms with E-state index in [4.69, 9.17) is 0 Å². The maximum Gasteiger partial charge on any atom is 0.493 e. The van der Waals surface area contributed by atoms with Crippen molar-refractivity contribution >= 4 is 17.4 Å². The van der Waals surface area contributed by atoms with Crippen LogP contribution in [0.3, 0.4) is 0 Å². The van der Waals surface area contributed by atoms with Crippen LogP contribution in [0.4, 0.5) is 29.3 Å². The zero-order valence-corrected chi connectivity index (χ0v) is 10.2. The highest BCUT2D eigenvalue weighted by atomic mass is 19.4. The van der Waals surface area contributed by atoms with Crippen LogP contribution in [0.25, 0.3) is 0 Å². The molecule has 103 valence electrons. The van der Waals surface area contributed by atoms with Gasteiger partial charge in [0.25, 0.3) is 0 Å². The minimum absolute atomic E-state index is 0.169. The van der Waals surface area contributed by atoms with E-state index in [2.05, 4.69) is 11.4 Å². The highest BCUT2D eigenvalue weighted by Crippen LogP contribution is 2.29. The van der Waals surface area contributed by atoms with Crippen LogP contribution < -0.4 is 10.2 Å². The van der Waals surface area contributed by atoms with Crippen molar-refractivity contribution in [2.24, 2.45) is 0 Å². The quantitative estimate of drug-likeness (QED) is 0.826. The fourth-order valence-electron chi connectivity index (χ4n) is 1.60. The number of hydrogen-bond acceptors (Lipinski definition) is 1. The smallest absolute Gasteiger partial charge is 0.307 e. The molecule has 6 heteroatoms. The molecule has 2 aromatic rings. The number of carbonyl (C=O) groups is 1. The second-order valence-corrected chi connectivity index (χ2v) is 3.85. The number of halogens is 3. The zero-order valence-electron chi connectivity index (χ0n) is 10.2. The fraction of sp³-hybridized carbons (Fsp3) is 0.0714. The molecule has 2 aromatic carbocycles. The Kier molecular flexibility index (Phi) is 3.93. The largest absolute Gasteiger partial charge is 0.493 e. The predicted molar refractivity (Wildman–Crippen MR) is 69.3 cm³/mol. The number of anilines is 2. The number of carbonyl (C=O) groups excluding carboxylic acids is 1. The predicted octanol–water partition coefficient (Wildman–Crippen LogP) is 4.05. The van der Waals surface area contributed by atoms with Gasteiger partial charge in [-0.3, -0.25) is 0 Å². The third-order valence-corrected chi connectivity index (χ3v) is 2.42. The number of rotatable bonds is 2. The average Bonchev–Trinajstić information content (AvgIpc) is 2.39. The SMILES string of the molecule is O=C(Nc1[c]cccc1)N(c1ccccc1)C(F)(F)F. The van der Waals surface area contributed by atoms with Crippen molar-refractivity contribution < 1.29 is 18.0 Å². The first-order valence-electron chi connectivity index (χ1n) is 5.68. The van der Waals surface area contributed by atoms with E-state index in [-0.39, 0.29) is 16.3 Å². The third-order valence-electron chi connectivity index (χ3n) is 2.42. The molecule has 20 heavy (non-hydrogen) atoms. The number of amides is 2. The highest BCUT2D eigenvalue weighted by molar-refractivity contribution is 6.02. The summed E-state index contributed by atoms with van der Waals surface area (Å²) in [4.78, 5) is 11.6. The van der Waals surface area contributed by atoms with Crippen LogP contribution in [0.15, 0.2) is 54.6 Å². The van der Waals surface area contributed by atoms with Crippen LogP contribution in [0.1, 0.15) is 0 Å². The van der Waals surface area contributed by atoms with E-state index < -0.39 is 12.3 Å². The Morgan fingerprint density at radius 2 is 1.70 bits per heavy atom. The molecule has 3 nitrogen and oxygen atoms in total. The van der Waals surface area contributed by atoms with Gasteiger partial charge in [0.2, 0.25) is 0 Å². The molecule has 2 rings (SSSR count). The van der Waals surface area contributed by atoms with Gasteiger partial charge in [-0.15, -0.1) is 13.2 Å². The van der Waals surface area contributed by atoms with E-state index in [1.165, 1.54) is 36.4 Å². The molecule has 0 unspecified atom stereocenters. The lowest BCUT2D eigenvalue weighted by molar-refractivity contribution is -0.120. The summed E-state index contributed by atoms with van der Waals surface area (Å²) in [6.07, 6.45) is -4.82. The Balaban J connectivity index is 2.26.